The summed E-state index contributed by atoms with van der Waals surface area (Å²) in [6, 6.07) is 0. The fourth-order valence-corrected chi connectivity index (χ4v) is 1.87. The van der Waals surface area contributed by atoms with E-state index in [1.54, 1.807) is 0 Å². The Bertz CT molecular complexity index is 95.4. The molecule has 2 heteroatoms. The molecule has 0 atom stereocenters. The predicted molar refractivity (Wildman–Crippen MR) is 48.0 cm³/mol. The molecule has 57 valence electrons. The molecule has 0 saturated carbocycles. The first-order valence-electron chi connectivity index (χ1n) is 3.69. The summed E-state index contributed by atoms with van der Waals surface area (Å²) in [4.78, 5) is 2.34. The molecule has 1 aliphatic rings. The average Bonchev–Trinajstić information content (AvgIpc) is 2.17. The fourth-order valence-electron chi connectivity index (χ4n) is 1.03. The molecule has 0 N–H and O–H groups in total. The molecule has 0 aliphatic carbocycles. The van der Waals surface area contributed by atoms with Crippen molar-refractivity contribution in [3.8, 4) is 0 Å². The zero-order valence-corrected chi connectivity index (χ0v) is 7.07. The molecule has 0 aromatic rings. The van der Waals surface area contributed by atoms with Crippen molar-refractivity contribution in [2.45, 2.75) is 6.42 Å². The lowest BCUT2D eigenvalue weighted by Crippen LogP contribution is -2.21. The van der Waals surface area contributed by atoms with Crippen LogP contribution >= 0.6 is 11.8 Å². The van der Waals surface area contributed by atoms with Crippen LogP contribution in [0.3, 0.4) is 0 Å². The monoisotopic (exact) mass is 156 g/mol. The van der Waals surface area contributed by atoms with E-state index in [-0.39, 0.29) is 0 Å². The number of nitrogens with zero attached hydrogens (tertiary/aromatic N) is 1. The zero-order valence-electron chi connectivity index (χ0n) is 6.25. The quantitative estimate of drug-likeness (QED) is 0.561. The lowest BCUT2D eigenvalue weighted by atomic mass is 10.4. The highest BCUT2D eigenvalue weighted by molar-refractivity contribution is 7.99. The van der Waals surface area contributed by atoms with Gasteiger partial charge in [0.2, 0.25) is 0 Å². The molecule has 0 amide bonds. The van der Waals surface area contributed by atoms with Gasteiger partial charge in [0, 0.05) is 25.4 Å². The third-order valence-corrected chi connectivity index (χ3v) is 2.53. The summed E-state index contributed by atoms with van der Waals surface area (Å²) in [5.41, 5.74) is 0. The highest BCUT2D eigenvalue weighted by atomic mass is 32.2. The second kappa shape index (κ2) is 4.80. The topological polar surface area (TPSA) is 3.24 Å². The zero-order chi connectivity index (χ0) is 7.23. The molecule has 1 rings (SSSR count). The van der Waals surface area contributed by atoms with Crippen molar-refractivity contribution in [2.75, 3.05) is 24.6 Å². The Morgan fingerprint density at radius 3 is 3.30 bits per heavy atom. The molecule has 1 fully saturated rings. The molecule has 1 heterocycles. The summed E-state index contributed by atoms with van der Waals surface area (Å²) in [5, 5.41) is 0. The Morgan fingerprint density at radius 2 is 2.50 bits per heavy atom. The van der Waals surface area contributed by atoms with Crippen molar-refractivity contribution >= 4 is 11.8 Å². The third kappa shape index (κ3) is 2.76. The smallest absolute Gasteiger partial charge is 0.0263 e. The first kappa shape index (κ1) is 8.15. The molecule has 1 saturated heterocycles. The molecule has 1 nitrogen and oxygen atoms in total. The van der Waals surface area contributed by atoms with Crippen LogP contribution in [0, 0.1) is 6.54 Å². The van der Waals surface area contributed by atoms with Crippen LogP contribution in [0.1, 0.15) is 6.42 Å². The van der Waals surface area contributed by atoms with Crippen molar-refractivity contribution in [2.24, 2.45) is 0 Å². The van der Waals surface area contributed by atoms with Crippen LogP contribution in [-0.4, -0.2) is 29.5 Å². The van der Waals surface area contributed by atoms with Crippen molar-refractivity contribution in [1.29, 1.82) is 0 Å². The Balaban J connectivity index is 2.21. The van der Waals surface area contributed by atoms with E-state index in [2.05, 4.69) is 18.0 Å². The van der Waals surface area contributed by atoms with Crippen LogP contribution in [0.5, 0.6) is 0 Å². The summed E-state index contributed by atoms with van der Waals surface area (Å²) >= 11 is 2.04. The van der Waals surface area contributed by atoms with E-state index in [1.807, 2.05) is 17.8 Å². The van der Waals surface area contributed by atoms with Crippen LogP contribution in [0.4, 0.5) is 0 Å². The van der Waals surface area contributed by atoms with E-state index < -0.39 is 0 Å². The van der Waals surface area contributed by atoms with Crippen molar-refractivity contribution < 1.29 is 0 Å². The molecule has 0 aromatic heterocycles. The maximum atomic E-state index is 3.72. The Labute approximate surface area is 67.5 Å². The normalized spacial score (nSPS) is 22.0. The van der Waals surface area contributed by atoms with Gasteiger partial charge in [-0.25, -0.2) is 0 Å². The van der Waals surface area contributed by atoms with Crippen LogP contribution in [0.15, 0.2) is 12.7 Å². The summed E-state index contributed by atoms with van der Waals surface area (Å²) in [5.74, 6) is 2.55. The minimum atomic E-state index is 1.01. The van der Waals surface area contributed by atoms with Gasteiger partial charge in [-0.05, 0) is 12.2 Å². The van der Waals surface area contributed by atoms with Gasteiger partial charge in [-0.2, -0.15) is 11.8 Å². The Kier molecular flexibility index (Phi) is 3.91. The van der Waals surface area contributed by atoms with Crippen LogP contribution in [0.25, 0.3) is 0 Å². The highest BCUT2D eigenvalue weighted by Crippen LogP contribution is 2.12. The lowest BCUT2D eigenvalue weighted by Gasteiger charge is -2.15. The number of hydrogen-bond donors (Lipinski definition) is 0. The summed E-state index contributed by atoms with van der Waals surface area (Å²) in [6.07, 6.45) is 3.19. The van der Waals surface area contributed by atoms with Gasteiger partial charge < -0.3 is 0 Å². The van der Waals surface area contributed by atoms with Gasteiger partial charge in [-0.1, -0.05) is 6.08 Å². The van der Waals surface area contributed by atoms with E-state index in [9.17, 15) is 0 Å². The number of thioether (sulfide) groups is 1. The minimum absolute atomic E-state index is 1.01. The summed E-state index contributed by atoms with van der Waals surface area (Å²) < 4.78 is 0. The molecule has 0 bridgehead atoms. The Hall–Kier alpha value is 0.0500. The van der Waals surface area contributed by atoms with Crippen LogP contribution < -0.4 is 0 Å². The largest absolute Gasteiger partial charge is 0.294 e. The highest BCUT2D eigenvalue weighted by Gasteiger charge is 2.06. The molecule has 10 heavy (non-hydrogen) atoms. The van der Waals surface area contributed by atoms with E-state index in [4.69, 9.17) is 0 Å². The predicted octanol–water partition coefficient (Wildman–Crippen LogP) is 1.77. The molecule has 1 aliphatic heterocycles. The van der Waals surface area contributed by atoms with E-state index in [0.717, 1.165) is 6.54 Å². The molecule has 0 unspecified atom stereocenters. The van der Waals surface area contributed by atoms with Gasteiger partial charge in [-0.3, -0.25) is 4.90 Å². The van der Waals surface area contributed by atoms with E-state index >= 15 is 0 Å². The number of hydrogen-bond acceptors (Lipinski definition) is 2. The van der Waals surface area contributed by atoms with Crippen molar-refractivity contribution in [3.63, 3.8) is 0 Å². The second-order valence-electron chi connectivity index (χ2n) is 2.37. The first-order chi connectivity index (χ1) is 4.93. The molecule has 0 aromatic carbocycles. The maximum Gasteiger partial charge on any atom is 0.0263 e. The number of rotatable bonds is 2. The SMILES string of the molecule is C=CCN1[CH]CCSCC1. The van der Waals surface area contributed by atoms with Crippen molar-refractivity contribution in [3.05, 3.63) is 19.2 Å². The lowest BCUT2D eigenvalue weighted by molar-refractivity contribution is 0.389. The van der Waals surface area contributed by atoms with Gasteiger partial charge >= 0.3 is 0 Å². The maximum absolute atomic E-state index is 3.72. The van der Waals surface area contributed by atoms with Gasteiger partial charge in [0.05, 0.1) is 0 Å². The van der Waals surface area contributed by atoms with Crippen LogP contribution in [-0.2, 0) is 0 Å². The molecule has 0 spiro atoms. The minimum Gasteiger partial charge on any atom is -0.294 e. The van der Waals surface area contributed by atoms with E-state index in [0.29, 0.717) is 0 Å². The van der Waals surface area contributed by atoms with Gasteiger partial charge in [-0.15, -0.1) is 6.58 Å². The average molecular weight is 156 g/mol. The Morgan fingerprint density at radius 1 is 1.60 bits per heavy atom. The van der Waals surface area contributed by atoms with Gasteiger partial charge in [0.25, 0.3) is 0 Å². The van der Waals surface area contributed by atoms with Gasteiger partial charge in [0.15, 0.2) is 0 Å². The summed E-state index contributed by atoms with van der Waals surface area (Å²) in [6.45, 7) is 8.22. The molecule has 1 radical (unpaired) electrons. The molecular weight excluding hydrogens is 142 g/mol. The standard InChI is InChI=1S/C8H14NS/c1-2-4-9-5-3-7-10-8-6-9/h2,5H,1,3-4,6-8H2. The van der Waals surface area contributed by atoms with Crippen molar-refractivity contribution in [1.82, 2.24) is 4.90 Å². The van der Waals surface area contributed by atoms with E-state index in [1.165, 1.54) is 24.5 Å². The molecular formula is C8H14NS. The fraction of sp³-hybridized carbons (Fsp3) is 0.625. The first-order valence-corrected chi connectivity index (χ1v) is 4.85. The van der Waals surface area contributed by atoms with Gasteiger partial charge in [0.1, 0.15) is 0 Å². The van der Waals surface area contributed by atoms with Crippen LogP contribution in [0.2, 0.25) is 0 Å². The summed E-state index contributed by atoms with van der Waals surface area (Å²) in [7, 11) is 0. The third-order valence-electron chi connectivity index (χ3n) is 1.54. The second-order valence-corrected chi connectivity index (χ2v) is 3.59.